The van der Waals surface area contributed by atoms with Gasteiger partial charge in [-0.15, -0.1) is 0 Å². The predicted molar refractivity (Wildman–Crippen MR) is 56.5 cm³/mol. The fourth-order valence-corrected chi connectivity index (χ4v) is 0.939. The van der Waals surface area contributed by atoms with Gasteiger partial charge in [-0.05, 0) is 20.8 Å². The van der Waals surface area contributed by atoms with Crippen molar-refractivity contribution in [3.8, 4) is 0 Å². The van der Waals surface area contributed by atoms with Crippen LogP contribution in [0.2, 0.25) is 0 Å². The van der Waals surface area contributed by atoms with E-state index in [1.54, 1.807) is 6.92 Å². The summed E-state index contributed by atoms with van der Waals surface area (Å²) in [6, 6.07) is 0. The van der Waals surface area contributed by atoms with Crippen molar-refractivity contribution in [2.24, 2.45) is 5.73 Å². The van der Waals surface area contributed by atoms with Gasteiger partial charge in [0.1, 0.15) is 5.54 Å². The van der Waals surface area contributed by atoms with E-state index in [0.717, 1.165) is 0 Å². The second-order valence-electron chi connectivity index (χ2n) is 3.69. The number of hydrogen-bond acceptors (Lipinski definition) is 5. The van der Waals surface area contributed by atoms with E-state index in [0.29, 0.717) is 13.2 Å². The van der Waals surface area contributed by atoms with Crippen LogP contribution in [-0.2, 0) is 19.0 Å². The number of ether oxygens (including phenoxy) is 3. The van der Waals surface area contributed by atoms with Crippen molar-refractivity contribution in [1.29, 1.82) is 0 Å². The fraction of sp³-hybridized carbons (Fsp3) is 0.900. The first-order chi connectivity index (χ1) is 6.94. The maximum atomic E-state index is 11.2. The number of hydrogen-bond donors (Lipinski definition) is 1. The molecule has 15 heavy (non-hydrogen) atoms. The Morgan fingerprint density at radius 2 is 2.13 bits per heavy atom. The molecule has 0 aliphatic heterocycles. The van der Waals surface area contributed by atoms with E-state index >= 15 is 0 Å². The number of nitrogens with two attached hydrogens (primary N) is 1. The molecule has 0 aromatic rings. The molecule has 0 saturated carbocycles. The van der Waals surface area contributed by atoms with Crippen LogP contribution in [-0.4, -0.2) is 44.5 Å². The van der Waals surface area contributed by atoms with Crippen LogP contribution in [0.5, 0.6) is 0 Å². The van der Waals surface area contributed by atoms with E-state index in [9.17, 15) is 4.79 Å². The van der Waals surface area contributed by atoms with Gasteiger partial charge >= 0.3 is 5.97 Å². The van der Waals surface area contributed by atoms with Gasteiger partial charge in [0.15, 0.2) is 0 Å². The van der Waals surface area contributed by atoms with Crippen molar-refractivity contribution in [2.75, 3.05) is 26.9 Å². The van der Waals surface area contributed by atoms with Crippen LogP contribution in [0.4, 0.5) is 0 Å². The molecule has 5 nitrogen and oxygen atoms in total. The molecule has 2 atom stereocenters. The van der Waals surface area contributed by atoms with Gasteiger partial charge in [0.2, 0.25) is 0 Å². The van der Waals surface area contributed by atoms with Gasteiger partial charge in [0.25, 0.3) is 0 Å². The molecule has 0 aromatic carbocycles. The van der Waals surface area contributed by atoms with Gasteiger partial charge in [-0.25, -0.2) is 4.79 Å². The normalized spacial score (nSPS) is 16.9. The molecule has 0 rings (SSSR count). The molecule has 0 amide bonds. The van der Waals surface area contributed by atoms with Crippen LogP contribution in [0.25, 0.3) is 0 Å². The highest BCUT2D eigenvalue weighted by Gasteiger charge is 2.30. The Morgan fingerprint density at radius 1 is 1.53 bits per heavy atom. The highest BCUT2D eigenvalue weighted by Crippen LogP contribution is 2.05. The Bertz CT molecular complexity index is 194. The zero-order valence-corrected chi connectivity index (χ0v) is 9.91. The minimum absolute atomic E-state index is 0.0857. The van der Waals surface area contributed by atoms with Gasteiger partial charge in [-0.1, -0.05) is 0 Å². The summed E-state index contributed by atoms with van der Waals surface area (Å²) in [7, 11) is 1.30. The molecule has 0 fully saturated rings. The van der Waals surface area contributed by atoms with E-state index < -0.39 is 11.5 Å². The summed E-state index contributed by atoms with van der Waals surface area (Å²) in [6.07, 6.45) is -0.0857. The topological polar surface area (TPSA) is 70.8 Å². The fourth-order valence-electron chi connectivity index (χ4n) is 0.939. The van der Waals surface area contributed by atoms with Crippen molar-refractivity contribution in [3.05, 3.63) is 0 Å². The quantitative estimate of drug-likeness (QED) is 0.624. The lowest BCUT2D eigenvalue weighted by molar-refractivity contribution is -0.150. The van der Waals surface area contributed by atoms with E-state index in [4.69, 9.17) is 15.2 Å². The Labute approximate surface area is 90.9 Å². The molecule has 0 bridgehead atoms. The average molecular weight is 219 g/mol. The third-order valence-corrected chi connectivity index (χ3v) is 1.88. The molecule has 0 aliphatic carbocycles. The predicted octanol–water partition coefficient (Wildman–Crippen LogP) is 0.318. The Balaban J connectivity index is 3.87. The van der Waals surface area contributed by atoms with E-state index in [1.807, 2.05) is 13.8 Å². The summed E-state index contributed by atoms with van der Waals surface area (Å²) in [5.41, 5.74) is 4.61. The standard InChI is InChI=1S/C10H21NO4/c1-5-14-6-8(2)15-7-10(3,11)9(12)13-4/h8H,5-7,11H2,1-4H3. The second-order valence-corrected chi connectivity index (χ2v) is 3.69. The van der Waals surface area contributed by atoms with Crippen molar-refractivity contribution >= 4 is 5.97 Å². The van der Waals surface area contributed by atoms with Crippen LogP contribution in [0.15, 0.2) is 0 Å². The highest BCUT2D eigenvalue weighted by atomic mass is 16.5. The summed E-state index contributed by atoms with van der Waals surface area (Å²) in [4.78, 5) is 11.2. The molecular formula is C10H21NO4. The maximum absolute atomic E-state index is 11.2. The van der Waals surface area contributed by atoms with Crippen LogP contribution in [0, 0.1) is 0 Å². The Kier molecular flexibility index (Phi) is 6.47. The van der Waals surface area contributed by atoms with Crippen LogP contribution < -0.4 is 5.73 Å². The van der Waals surface area contributed by atoms with Crippen LogP contribution in [0.1, 0.15) is 20.8 Å². The van der Waals surface area contributed by atoms with Crippen LogP contribution >= 0.6 is 0 Å². The first kappa shape index (κ1) is 14.3. The van der Waals surface area contributed by atoms with E-state index in [-0.39, 0.29) is 12.7 Å². The second kappa shape index (κ2) is 6.76. The molecule has 0 heterocycles. The van der Waals surface area contributed by atoms with Crippen molar-refractivity contribution in [3.63, 3.8) is 0 Å². The molecule has 90 valence electrons. The van der Waals surface area contributed by atoms with Gasteiger partial charge in [0, 0.05) is 6.61 Å². The molecule has 2 unspecified atom stereocenters. The Hall–Kier alpha value is -0.650. The smallest absolute Gasteiger partial charge is 0.327 e. The summed E-state index contributed by atoms with van der Waals surface area (Å²) < 4.78 is 15.1. The van der Waals surface area contributed by atoms with Gasteiger partial charge in [0.05, 0.1) is 26.4 Å². The van der Waals surface area contributed by atoms with E-state index in [2.05, 4.69) is 4.74 Å². The lowest BCUT2D eigenvalue weighted by atomic mass is 10.1. The third-order valence-electron chi connectivity index (χ3n) is 1.88. The summed E-state index contributed by atoms with van der Waals surface area (Å²) in [5.74, 6) is -0.480. The van der Waals surface area contributed by atoms with Crippen molar-refractivity contribution < 1.29 is 19.0 Å². The SMILES string of the molecule is CCOCC(C)OCC(C)(N)C(=O)OC. The maximum Gasteiger partial charge on any atom is 0.327 e. The molecule has 5 heteroatoms. The zero-order chi connectivity index (χ0) is 11.9. The molecule has 0 aliphatic rings. The minimum atomic E-state index is -1.10. The van der Waals surface area contributed by atoms with Crippen molar-refractivity contribution in [1.82, 2.24) is 0 Å². The monoisotopic (exact) mass is 219 g/mol. The first-order valence-corrected chi connectivity index (χ1v) is 5.00. The molecule has 0 spiro atoms. The molecule has 2 N–H and O–H groups in total. The minimum Gasteiger partial charge on any atom is -0.468 e. The largest absolute Gasteiger partial charge is 0.468 e. The molecule has 0 aromatic heterocycles. The summed E-state index contributed by atoms with van der Waals surface area (Å²) in [5, 5.41) is 0. The summed E-state index contributed by atoms with van der Waals surface area (Å²) >= 11 is 0. The number of carbonyl (C=O) groups is 1. The lowest BCUT2D eigenvalue weighted by Gasteiger charge is -2.23. The van der Waals surface area contributed by atoms with Crippen LogP contribution in [0.3, 0.4) is 0 Å². The molecule has 0 saturated heterocycles. The lowest BCUT2D eigenvalue weighted by Crippen LogP contribution is -2.50. The number of esters is 1. The van der Waals surface area contributed by atoms with Gasteiger partial charge in [-0.3, -0.25) is 0 Å². The summed E-state index contributed by atoms with van der Waals surface area (Å²) in [6.45, 7) is 6.61. The number of carbonyl (C=O) groups excluding carboxylic acids is 1. The van der Waals surface area contributed by atoms with E-state index in [1.165, 1.54) is 7.11 Å². The highest BCUT2D eigenvalue weighted by molar-refractivity contribution is 5.80. The van der Waals surface area contributed by atoms with Crippen molar-refractivity contribution in [2.45, 2.75) is 32.4 Å². The first-order valence-electron chi connectivity index (χ1n) is 5.00. The zero-order valence-electron chi connectivity index (χ0n) is 9.91. The molecular weight excluding hydrogens is 198 g/mol. The van der Waals surface area contributed by atoms with Gasteiger partial charge < -0.3 is 19.9 Å². The van der Waals surface area contributed by atoms with Gasteiger partial charge in [-0.2, -0.15) is 0 Å². The Morgan fingerprint density at radius 3 is 2.60 bits per heavy atom. The number of rotatable bonds is 7. The number of methoxy groups -OCH3 is 1. The molecule has 0 radical (unpaired) electrons. The average Bonchev–Trinajstić information content (AvgIpc) is 2.22. The third kappa shape index (κ3) is 5.71.